The summed E-state index contributed by atoms with van der Waals surface area (Å²) in [4.78, 5) is 4.32. The molecule has 0 aliphatic carbocycles. The lowest BCUT2D eigenvalue weighted by atomic mass is 10.2. The van der Waals surface area contributed by atoms with E-state index in [-0.39, 0.29) is 12.4 Å². The molecule has 0 N–H and O–H groups in total. The molecule has 0 saturated heterocycles. The van der Waals surface area contributed by atoms with E-state index in [2.05, 4.69) is 14.5 Å². The van der Waals surface area contributed by atoms with Gasteiger partial charge in [-0.1, -0.05) is 18.2 Å². The molecule has 0 spiro atoms. The normalized spacial score (nSPS) is 13.8. The Hall–Kier alpha value is -2.87. The van der Waals surface area contributed by atoms with Gasteiger partial charge in [0.25, 0.3) is 0 Å². The number of ether oxygens (including phenoxy) is 3. The first-order chi connectivity index (χ1) is 13.9. The second-order valence-electron chi connectivity index (χ2n) is 6.55. The van der Waals surface area contributed by atoms with Crippen molar-refractivity contribution in [2.24, 2.45) is 0 Å². The number of methoxy groups -OCH3 is 1. The number of benzene rings is 2. The Labute approximate surface area is 167 Å². The Bertz CT molecular complexity index is 810. The van der Waals surface area contributed by atoms with Gasteiger partial charge in [0, 0.05) is 44.4 Å². The molecule has 29 heavy (non-hydrogen) atoms. The Balaban J connectivity index is 1.52. The second kappa shape index (κ2) is 9.56. The highest BCUT2D eigenvalue weighted by Gasteiger charge is 2.30. The van der Waals surface area contributed by atoms with E-state index in [1.54, 1.807) is 19.2 Å². The van der Waals surface area contributed by atoms with Crippen molar-refractivity contribution in [1.82, 2.24) is 4.90 Å². The van der Waals surface area contributed by atoms with Crippen LogP contribution in [-0.4, -0.2) is 38.2 Å². The average Bonchev–Trinajstić information content (AvgIpc) is 3.16. The van der Waals surface area contributed by atoms with E-state index < -0.39 is 6.36 Å². The van der Waals surface area contributed by atoms with Crippen LogP contribution in [0.3, 0.4) is 0 Å². The van der Waals surface area contributed by atoms with E-state index in [0.29, 0.717) is 5.75 Å². The fraction of sp³-hybridized carbons (Fsp3) is 0.333. The number of hydrogen-bond acceptors (Lipinski definition) is 5. The van der Waals surface area contributed by atoms with Crippen LogP contribution >= 0.6 is 0 Å². The smallest absolute Gasteiger partial charge is 0.489 e. The zero-order valence-electron chi connectivity index (χ0n) is 16.1. The summed E-state index contributed by atoms with van der Waals surface area (Å²) < 4.78 is 51.4. The number of hydrogen-bond donors (Lipinski definition) is 0. The highest BCUT2D eigenvalue weighted by atomic mass is 19.4. The van der Waals surface area contributed by atoms with Gasteiger partial charge in [0.05, 0.1) is 6.67 Å². The van der Waals surface area contributed by atoms with Crippen molar-refractivity contribution in [1.29, 1.82) is 0 Å². The molecule has 2 aromatic carbocycles. The number of alkyl halides is 3. The molecule has 8 heteroatoms. The summed E-state index contributed by atoms with van der Waals surface area (Å²) in [6.07, 6.45) is 0.339. The largest absolute Gasteiger partial charge is 0.573 e. The minimum absolute atomic E-state index is 0.245. The first-order valence-corrected chi connectivity index (χ1v) is 9.18. The standard InChI is InChI=1S/C21H23F3N2O3/c1-27-13-3-10-25-11-12-26(16-25)18-4-2-5-20(14-18)28-15-17-6-8-19(9-7-17)29-21(22,23)24/h2,4-9,11-12,14H,3,10,13,15-16H2,1H3. The van der Waals surface area contributed by atoms with Crippen molar-refractivity contribution in [3.8, 4) is 11.5 Å². The molecule has 0 aromatic heterocycles. The average molecular weight is 408 g/mol. The van der Waals surface area contributed by atoms with Crippen LogP contribution < -0.4 is 14.4 Å². The molecule has 2 aromatic rings. The van der Waals surface area contributed by atoms with Crippen LogP contribution in [0.15, 0.2) is 60.9 Å². The molecule has 1 aliphatic heterocycles. The minimum atomic E-state index is -4.69. The zero-order chi connectivity index (χ0) is 20.7. The summed E-state index contributed by atoms with van der Waals surface area (Å²) in [6, 6.07) is 13.3. The number of halogens is 3. The van der Waals surface area contributed by atoms with Crippen LogP contribution in [-0.2, 0) is 11.3 Å². The molecule has 0 bridgehead atoms. The maximum atomic E-state index is 12.2. The lowest BCUT2D eigenvalue weighted by molar-refractivity contribution is -0.274. The number of nitrogens with zero attached hydrogens (tertiary/aromatic N) is 2. The van der Waals surface area contributed by atoms with Crippen LogP contribution in [0.2, 0.25) is 0 Å². The predicted molar refractivity (Wildman–Crippen MR) is 104 cm³/mol. The summed E-state index contributed by atoms with van der Waals surface area (Å²) in [7, 11) is 1.70. The lowest BCUT2D eigenvalue weighted by Gasteiger charge is -2.21. The molecule has 0 atom stereocenters. The molecular weight excluding hydrogens is 385 g/mol. The molecule has 0 amide bonds. The van der Waals surface area contributed by atoms with Gasteiger partial charge in [-0.15, -0.1) is 13.2 Å². The maximum absolute atomic E-state index is 12.2. The summed E-state index contributed by atoms with van der Waals surface area (Å²) in [5, 5.41) is 0. The second-order valence-corrected chi connectivity index (χ2v) is 6.55. The van der Waals surface area contributed by atoms with Gasteiger partial charge in [0.1, 0.15) is 18.1 Å². The summed E-state index contributed by atoms with van der Waals surface area (Å²) in [5.41, 5.74) is 1.75. The van der Waals surface area contributed by atoms with E-state index in [0.717, 1.165) is 37.5 Å². The Morgan fingerprint density at radius 2 is 1.79 bits per heavy atom. The lowest BCUT2D eigenvalue weighted by Crippen LogP contribution is -2.26. The van der Waals surface area contributed by atoms with Gasteiger partial charge in [0.15, 0.2) is 0 Å². The van der Waals surface area contributed by atoms with Crippen molar-refractivity contribution in [3.05, 3.63) is 66.5 Å². The molecule has 0 saturated carbocycles. The topological polar surface area (TPSA) is 34.2 Å². The molecule has 0 radical (unpaired) electrons. The molecule has 1 aliphatic rings. The van der Waals surface area contributed by atoms with Crippen LogP contribution in [0.4, 0.5) is 18.9 Å². The van der Waals surface area contributed by atoms with Gasteiger partial charge in [-0.2, -0.15) is 0 Å². The van der Waals surface area contributed by atoms with Crippen LogP contribution in [0, 0.1) is 0 Å². The van der Waals surface area contributed by atoms with Crippen molar-refractivity contribution >= 4 is 5.69 Å². The first-order valence-electron chi connectivity index (χ1n) is 9.18. The SMILES string of the molecule is COCCCN1C=CN(c2cccc(OCc3ccc(OC(F)(F)F)cc3)c2)C1. The third kappa shape index (κ3) is 6.60. The van der Waals surface area contributed by atoms with Crippen LogP contribution in [0.25, 0.3) is 0 Å². The minimum Gasteiger partial charge on any atom is -0.489 e. The van der Waals surface area contributed by atoms with Gasteiger partial charge in [-0.25, -0.2) is 0 Å². The Morgan fingerprint density at radius 3 is 2.52 bits per heavy atom. The van der Waals surface area contributed by atoms with Gasteiger partial charge >= 0.3 is 6.36 Å². The molecule has 0 fully saturated rings. The monoisotopic (exact) mass is 408 g/mol. The summed E-state index contributed by atoms with van der Waals surface area (Å²) >= 11 is 0. The van der Waals surface area contributed by atoms with Gasteiger partial charge in [-0.3, -0.25) is 0 Å². The van der Waals surface area contributed by atoms with Gasteiger partial charge < -0.3 is 24.0 Å². The third-order valence-corrected chi connectivity index (χ3v) is 4.30. The van der Waals surface area contributed by atoms with Crippen molar-refractivity contribution in [2.75, 3.05) is 31.8 Å². The molecule has 1 heterocycles. The number of anilines is 1. The summed E-state index contributed by atoms with van der Waals surface area (Å²) in [6.45, 7) is 2.66. The van der Waals surface area contributed by atoms with E-state index in [1.165, 1.54) is 12.1 Å². The molecule has 5 nitrogen and oxygen atoms in total. The predicted octanol–water partition coefficient (Wildman–Crippen LogP) is 4.75. The quantitative estimate of drug-likeness (QED) is 0.560. The van der Waals surface area contributed by atoms with E-state index in [9.17, 15) is 13.2 Å². The highest BCUT2D eigenvalue weighted by Crippen LogP contribution is 2.26. The third-order valence-electron chi connectivity index (χ3n) is 4.30. The molecule has 156 valence electrons. The first kappa shape index (κ1) is 20.9. The molecule has 3 rings (SSSR count). The highest BCUT2D eigenvalue weighted by molar-refractivity contribution is 5.53. The molecule has 0 unspecified atom stereocenters. The van der Waals surface area contributed by atoms with Crippen molar-refractivity contribution in [3.63, 3.8) is 0 Å². The van der Waals surface area contributed by atoms with Crippen molar-refractivity contribution in [2.45, 2.75) is 19.4 Å². The van der Waals surface area contributed by atoms with Gasteiger partial charge in [0.2, 0.25) is 0 Å². The molecular formula is C21H23F3N2O3. The Kier molecular flexibility index (Phi) is 6.87. The number of rotatable bonds is 9. The van der Waals surface area contributed by atoms with Crippen LogP contribution in [0.5, 0.6) is 11.5 Å². The fourth-order valence-corrected chi connectivity index (χ4v) is 2.90. The Morgan fingerprint density at radius 1 is 1.00 bits per heavy atom. The van der Waals surface area contributed by atoms with E-state index in [1.807, 2.05) is 36.7 Å². The fourth-order valence-electron chi connectivity index (χ4n) is 2.90. The van der Waals surface area contributed by atoms with E-state index in [4.69, 9.17) is 9.47 Å². The zero-order valence-corrected chi connectivity index (χ0v) is 16.1. The van der Waals surface area contributed by atoms with Crippen LogP contribution in [0.1, 0.15) is 12.0 Å². The maximum Gasteiger partial charge on any atom is 0.573 e. The van der Waals surface area contributed by atoms with Crippen molar-refractivity contribution < 1.29 is 27.4 Å². The van der Waals surface area contributed by atoms with Gasteiger partial charge in [-0.05, 0) is 36.2 Å². The summed E-state index contributed by atoms with van der Waals surface area (Å²) in [5.74, 6) is 0.434. The van der Waals surface area contributed by atoms with E-state index >= 15 is 0 Å².